The van der Waals surface area contributed by atoms with Gasteiger partial charge in [-0.1, -0.05) is 20.3 Å². The van der Waals surface area contributed by atoms with Gasteiger partial charge in [-0.25, -0.2) is 13.1 Å². The van der Waals surface area contributed by atoms with Gasteiger partial charge in [-0.05, 0) is 31.1 Å². The molecule has 100 valence electrons. The molecule has 0 aromatic heterocycles. The first-order valence-corrected chi connectivity index (χ1v) is 7.66. The Morgan fingerprint density at radius 1 is 1.47 bits per heavy atom. The Bertz CT molecular complexity index is 373. The lowest BCUT2D eigenvalue weighted by Crippen LogP contribution is -2.41. The van der Waals surface area contributed by atoms with E-state index < -0.39 is 22.0 Å². The molecule has 1 unspecified atom stereocenters. The number of sulfonamides is 1. The third-order valence-electron chi connectivity index (χ3n) is 3.28. The van der Waals surface area contributed by atoms with E-state index in [-0.39, 0.29) is 11.2 Å². The Morgan fingerprint density at radius 2 is 2.06 bits per heavy atom. The molecular formula is C11H21NO4S. The van der Waals surface area contributed by atoms with E-state index in [1.807, 2.05) is 6.92 Å². The van der Waals surface area contributed by atoms with Crippen molar-refractivity contribution < 1.29 is 18.3 Å². The predicted octanol–water partition coefficient (Wildman–Crippen LogP) is 1.35. The van der Waals surface area contributed by atoms with Gasteiger partial charge in [-0.15, -0.1) is 0 Å². The average molecular weight is 263 g/mol. The van der Waals surface area contributed by atoms with Crippen molar-refractivity contribution in [3.63, 3.8) is 0 Å². The highest BCUT2D eigenvalue weighted by molar-refractivity contribution is 7.89. The van der Waals surface area contributed by atoms with Gasteiger partial charge < -0.3 is 5.11 Å². The van der Waals surface area contributed by atoms with Gasteiger partial charge in [0.1, 0.15) is 6.04 Å². The van der Waals surface area contributed by atoms with E-state index in [4.69, 9.17) is 5.11 Å². The molecule has 1 aliphatic carbocycles. The summed E-state index contributed by atoms with van der Waals surface area (Å²) in [5.41, 5.74) is 0.165. The molecule has 1 atom stereocenters. The third-order valence-corrected chi connectivity index (χ3v) is 4.66. The van der Waals surface area contributed by atoms with Gasteiger partial charge >= 0.3 is 5.97 Å². The van der Waals surface area contributed by atoms with Gasteiger partial charge in [0.25, 0.3) is 0 Å². The first-order chi connectivity index (χ1) is 7.78. The normalized spacial score (nSPS) is 19.9. The van der Waals surface area contributed by atoms with Crippen LogP contribution in [-0.2, 0) is 14.8 Å². The maximum absolute atomic E-state index is 11.7. The predicted molar refractivity (Wildman–Crippen MR) is 65.2 cm³/mol. The van der Waals surface area contributed by atoms with Crippen molar-refractivity contribution in [1.29, 1.82) is 0 Å². The lowest BCUT2D eigenvalue weighted by Gasteiger charge is -2.15. The summed E-state index contributed by atoms with van der Waals surface area (Å²) in [6, 6.07) is -0.989. The van der Waals surface area contributed by atoms with Crippen LogP contribution in [0.5, 0.6) is 0 Å². The van der Waals surface area contributed by atoms with E-state index in [9.17, 15) is 13.2 Å². The topological polar surface area (TPSA) is 83.5 Å². The van der Waals surface area contributed by atoms with Crippen molar-refractivity contribution in [2.45, 2.75) is 52.0 Å². The molecule has 0 radical (unpaired) electrons. The molecule has 5 nitrogen and oxygen atoms in total. The summed E-state index contributed by atoms with van der Waals surface area (Å²) in [4.78, 5) is 10.9. The molecule has 1 rings (SSSR count). The Labute approximate surface area is 103 Å². The zero-order valence-corrected chi connectivity index (χ0v) is 11.2. The van der Waals surface area contributed by atoms with Crippen molar-refractivity contribution in [1.82, 2.24) is 4.72 Å². The molecule has 6 heteroatoms. The van der Waals surface area contributed by atoms with E-state index in [0.29, 0.717) is 19.3 Å². The smallest absolute Gasteiger partial charge is 0.321 e. The van der Waals surface area contributed by atoms with E-state index in [1.54, 1.807) is 0 Å². The van der Waals surface area contributed by atoms with Crippen molar-refractivity contribution in [3.05, 3.63) is 0 Å². The number of carbonyl (C=O) groups is 1. The second-order valence-corrected chi connectivity index (χ2v) is 7.05. The summed E-state index contributed by atoms with van der Waals surface area (Å²) in [5.74, 6) is -1.08. The monoisotopic (exact) mass is 263 g/mol. The van der Waals surface area contributed by atoms with Crippen LogP contribution in [0.2, 0.25) is 0 Å². The fourth-order valence-corrected chi connectivity index (χ4v) is 3.17. The Morgan fingerprint density at radius 3 is 2.47 bits per heavy atom. The molecule has 0 aliphatic heterocycles. The van der Waals surface area contributed by atoms with Gasteiger partial charge in [0, 0.05) is 0 Å². The van der Waals surface area contributed by atoms with Crippen LogP contribution in [0.1, 0.15) is 46.0 Å². The van der Waals surface area contributed by atoms with Gasteiger partial charge in [-0.2, -0.15) is 0 Å². The van der Waals surface area contributed by atoms with Crippen LogP contribution in [0, 0.1) is 5.41 Å². The summed E-state index contributed by atoms with van der Waals surface area (Å²) in [6.45, 7) is 3.89. The molecule has 0 spiro atoms. The Kier molecular flexibility index (Phi) is 4.55. The van der Waals surface area contributed by atoms with Crippen LogP contribution in [0.3, 0.4) is 0 Å². The fourth-order valence-electron chi connectivity index (χ4n) is 1.64. The molecule has 2 N–H and O–H groups in total. The van der Waals surface area contributed by atoms with Crippen LogP contribution in [-0.4, -0.2) is 31.3 Å². The van der Waals surface area contributed by atoms with Gasteiger partial charge in [-0.3, -0.25) is 4.79 Å². The average Bonchev–Trinajstić information content (AvgIpc) is 2.94. The molecular weight excluding hydrogens is 242 g/mol. The lowest BCUT2D eigenvalue weighted by atomic mass is 10.1. The minimum atomic E-state index is -3.47. The molecule has 1 fully saturated rings. The second kappa shape index (κ2) is 5.35. The molecule has 1 aliphatic rings. The number of nitrogens with one attached hydrogen (secondary N) is 1. The van der Waals surface area contributed by atoms with E-state index in [2.05, 4.69) is 11.6 Å². The summed E-state index contributed by atoms with van der Waals surface area (Å²) >= 11 is 0. The van der Waals surface area contributed by atoms with Crippen molar-refractivity contribution >= 4 is 16.0 Å². The molecule has 0 saturated heterocycles. The Hall–Kier alpha value is -0.620. The SMILES string of the molecule is CCCC(NS(=O)(=O)CCC1(C)CC1)C(=O)O. The highest BCUT2D eigenvalue weighted by Crippen LogP contribution is 2.48. The lowest BCUT2D eigenvalue weighted by molar-refractivity contribution is -0.139. The summed E-state index contributed by atoms with van der Waals surface area (Å²) < 4.78 is 25.7. The van der Waals surface area contributed by atoms with Crippen molar-refractivity contribution in [3.8, 4) is 0 Å². The largest absolute Gasteiger partial charge is 0.480 e. The Balaban J connectivity index is 2.48. The third kappa shape index (κ3) is 5.04. The number of aliphatic carboxylic acids is 1. The van der Waals surface area contributed by atoms with Crippen LogP contribution in [0.4, 0.5) is 0 Å². The first-order valence-electron chi connectivity index (χ1n) is 6.01. The number of carboxylic acid groups (broad SMARTS) is 1. The van der Waals surface area contributed by atoms with Crippen LogP contribution in [0.25, 0.3) is 0 Å². The molecule has 1 saturated carbocycles. The van der Waals surface area contributed by atoms with Gasteiger partial charge in [0.2, 0.25) is 10.0 Å². The van der Waals surface area contributed by atoms with Crippen LogP contribution >= 0.6 is 0 Å². The van der Waals surface area contributed by atoms with Gasteiger partial charge in [0.05, 0.1) is 5.75 Å². The van der Waals surface area contributed by atoms with E-state index in [0.717, 1.165) is 12.8 Å². The molecule has 0 bridgehead atoms. The van der Waals surface area contributed by atoms with Crippen molar-refractivity contribution in [2.24, 2.45) is 5.41 Å². The summed E-state index contributed by atoms with van der Waals surface area (Å²) in [7, 11) is -3.47. The zero-order chi connectivity index (χ0) is 13.1. The molecule has 0 aromatic rings. The second-order valence-electron chi connectivity index (χ2n) is 5.18. The summed E-state index contributed by atoms with van der Waals surface area (Å²) in [5, 5.41) is 8.88. The molecule has 17 heavy (non-hydrogen) atoms. The fraction of sp³-hybridized carbons (Fsp3) is 0.909. The zero-order valence-electron chi connectivity index (χ0n) is 10.4. The minimum Gasteiger partial charge on any atom is -0.480 e. The van der Waals surface area contributed by atoms with E-state index >= 15 is 0 Å². The highest BCUT2D eigenvalue weighted by Gasteiger charge is 2.38. The minimum absolute atomic E-state index is 0.0248. The maximum atomic E-state index is 11.7. The summed E-state index contributed by atoms with van der Waals surface area (Å²) in [6.07, 6.45) is 3.71. The van der Waals surface area contributed by atoms with Crippen LogP contribution in [0.15, 0.2) is 0 Å². The first kappa shape index (κ1) is 14.4. The molecule has 0 amide bonds. The highest BCUT2D eigenvalue weighted by atomic mass is 32.2. The number of hydrogen-bond donors (Lipinski definition) is 2. The number of carboxylic acids is 1. The molecule has 0 heterocycles. The number of rotatable bonds is 8. The molecule has 0 aromatic carbocycles. The van der Waals surface area contributed by atoms with E-state index in [1.165, 1.54) is 0 Å². The van der Waals surface area contributed by atoms with Gasteiger partial charge in [0.15, 0.2) is 0 Å². The van der Waals surface area contributed by atoms with Crippen LogP contribution < -0.4 is 4.72 Å². The van der Waals surface area contributed by atoms with Crippen molar-refractivity contribution in [2.75, 3.05) is 5.75 Å². The number of hydrogen-bond acceptors (Lipinski definition) is 3. The maximum Gasteiger partial charge on any atom is 0.321 e. The standard InChI is InChI=1S/C11H21NO4S/c1-3-4-9(10(13)14)12-17(15,16)8-7-11(2)5-6-11/h9,12H,3-8H2,1-2H3,(H,13,14). The quantitative estimate of drug-likeness (QED) is 0.692.